The SMILES string of the molecule is Cc1cn2c(n1)C(CNc1ncnc3onc(C)c13)CCC2. The van der Waals surface area contributed by atoms with Gasteiger partial charge < -0.3 is 14.4 Å². The number of imidazole rings is 1. The summed E-state index contributed by atoms with van der Waals surface area (Å²) in [4.78, 5) is 13.1. The summed E-state index contributed by atoms with van der Waals surface area (Å²) < 4.78 is 7.45. The molecule has 0 saturated heterocycles. The van der Waals surface area contributed by atoms with E-state index >= 15 is 0 Å². The van der Waals surface area contributed by atoms with Crippen LogP contribution in [0.25, 0.3) is 11.1 Å². The maximum atomic E-state index is 5.18. The van der Waals surface area contributed by atoms with E-state index in [2.05, 4.69) is 36.2 Å². The Labute approximate surface area is 127 Å². The number of fused-ring (bicyclic) bond motifs is 2. The summed E-state index contributed by atoms with van der Waals surface area (Å²) in [5.74, 6) is 2.35. The molecule has 1 unspecified atom stereocenters. The highest BCUT2D eigenvalue weighted by atomic mass is 16.5. The molecular weight excluding hydrogens is 280 g/mol. The predicted octanol–water partition coefficient (Wildman–Crippen LogP) is 2.42. The zero-order valence-corrected chi connectivity index (χ0v) is 12.7. The van der Waals surface area contributed by atoms with E-state index in [1.165, 1.54) is 18.6 Å². The third-order valence-electron chi connectivity index (χ3n) is 4.20. The van der Waals surface area contributed by atoms with E-state index in [0.29, 0.717) is 11.6 Å². The predicted molar refractivity (Wildman–Crippen MR) is 81.8 cm³/mol. The van der Waals surface area contributed by atoms with Crippen molar-refractivity contribution in [3.8, 4) is 0 Å². The fourth-order valence-corrected chi connectivity index (χ4v) is 3.18. The first-order valence-corrected chi connectivity index (χ1v) is 7.57. The van der Waals surface area contributed by atoms with Crippen molar-refractivity contribution < 1.29 is 4.52 Å². The van der Waals surface area contributed by atoms with Gasteiger partial charge in [0, 0.05) is 25.2 Å². The van der Waals surface area contributed by atoms with Crippen molar-refractivity contribution in [1.82, 2.24) is 24.7 Å². The van der Waals surface area contributed by atoms with E-state index in [1.807, 2.05) is 13.8 Å². The molecule has 7 nitrogen and oxygen atoms in total. The third kappa shape index (κ3) is 2.13. The van der Waals surface area contributed by atoms with Gasteiger partial charge in [-0.3, -0.25) is 0 Å². The molecule has 0 fully saturated rings. The standard InChI is InChI=1S/C15H18N6O/c1-9-7-21-5-3-4-11(14(21)19-9)6-16-13-12-10(2)20-22-15(12)18-8-17-13/h7-8,11H,3-6H2,1-2H3,(H,16,17,18). The highest BCUT2D eigenvalue weighted by Gasteiger charge is 2.23. The van der Waals surface area contributed by atoms with Crippen LogP contribution in [0.3, 0.4) is 0 Å². The van der Waals surface area contributed by atoms with Crippen LogP contribution < -0.4 is 5.32 Å². The number of anilines is 1. The van der Waals surface area contributed by atoms with Crippen molar-refractivity contribution in [1.29, 1.82) is 0 Å². The van der Waals surface area contributed by atoms with Gasteiger partial charge in [0.15, 0.2) is 0 Å². The van der Waals surface area contributed by atoms with E-state index in [0.717, 1.165) is 42.1 Å². The first-order valence-electron chi connectivity index (χ1n) is 7.57. The van der Waals surface area contributed by atoms with Gasteiger partial charge in [-0.1, -0.05) is 5.16 Å². The second-order valence-electron chi connectivity index (χ2n) is 5.82. The van der Waals surface area contributed by atoms with Crippen LogP contribution in [0.15, 0.2) is 17.0 Å². The maximum Gasteiger partial charge on any atom is 0.263 e. The van der Waals surface area contributed by atoms with E-state index in [9.17, 15) is 0 Å². The molecule has 0 radical (unpaired) electrons. The minimum absolute atomic E-state index is 0.396. The molecule has 3 aromatic heterocycles. The summed E-state index contributed by atoms with van der Waals surface area (Å²) in [6.45, 7) is 5.81. The van der Waals surface area contributed by atoms with Gasteiger partial charge in [0.1, 0.15) is 23.4 Å². The first kappa shape index (κ1) is 13.2. The summed E-state index contributed by atoms with van der Waals surface area (Å²) in [5.41, 5.74) is 2.41. The van der Waals surface area contributed by atoms with Gasteiger partial charge in [0.25, 0.3) is 5.71 Å². The van der Waals surface area contributed by atoms with Crippen LogP contribution in [0, 0.1) is 13.8 Å². The number of rotatable bonds is 3. The number of hydrogen-bond acceptors (Lipinski definition) is 6. The Morgan fingerprint density at radius 1 is 1.36 bits per heavy atom. The largest absolute Gasteiger partial charge is 0.369 e. The summed E-state index contributed by atoms with van der Waals surface area (Å²) in [6.07, 6.45) is 5.96. The van der Waals surface area contributed by atoms with Gasteiger partial charge in [-0.2, -0.15) is 4.98 Å². The Morgan fingerprint density at radius 2 is 2.27 bits per heavy atom. The molecule has 1 aliphatic heterocycles. The molecule has 0 bridgehead atoms. The van der Waals surface area contributed by atoms with Crippen LogP contribution in [0.4, 0.5) is 5.82 Å². The molecule has 1 atom stereocenters. The molecule has 4 heterocycles. The quantitative estimate of drug-likeness (QED) is 0.799. The van der Waals surface area contributed by atoms with Gasteiger partial charge in [0.05, 0.1) is 11.4 Å². The van der Waals surface area contributed by atoms with Crippen molar-refractivity contribution in [2.45, 2.75) is 39.2 Å². The topological polar surface area (TPSA) is 81.7 Å². The highest BCUT2D eigenvalue weighted by Crippen LogP contribution is 2.28. The van der Waals surface area contributed by atoms with Crippen molar-refractivity contribution in [2.24, 2.45) is 0 Å². The third-order valence-corrected chi connectivity index (χ3v) is 4.20. The van der Waals surface area contributed by atoms with Crippen LogP contribution >= 0.6 is 0 Å². The van der Waals surface area contributed by atoms with Crippen molar-refractivity contribution in [3.63, 3.8) is 0 Å². The summed E-state index contributed by atoms with van der Waals surface area (Å²) in [5, 5.41) is 8.25. The Hall–Kier alpha value is -2.44. The molecule has 1 aliphatic rings. The van der Waals surface area contributed by atoms with E-state index in [1.54, 1.807) is 0 Å². The molecule has 0 spiro atoms. The lowest BCUT2D eigenvalue weighted by molar-refractivity contribution is 0.442. The summed E-state index contributed by atoms with van der Waals surface area (Å²) >= 11 is 0. The van der Waals surface area contributed by atoms with Crippen LogP contribution in [0.1, 0.15) is 36.0 Å². The van der Waals surface area contributed by atoms with Gasteiger partial charge in [0.2, 0.25) is 0 Å². The molecule has 4 rings (SSSR count). The summed E-state index contributed by atoms with van der Waals surface area (Å²) in [7, 11) is 0. The maximum absolute atomic E-state index is 5.18. The number of hydrogen-bond donors (Lipinski definition) is 1. The minimum Gasteiger partial charge on any atom is -0.369 e. The van der Waals surface area contributed by atoms with Crippen LogP contribution in [0.5, 0.6) is 0 Å². The normalized spacial score (nSPS) is 17.6. The zero-order valence-electron chi connectivity index (χ0n) is 12.7. The fraction of sp³-hybridized carbons (Fsp3) is 0.467. The number of nitrogens with zero attached hydrogens (tertiary/aromatic N) is 5. The van der Waals surface area contributed by atoms with Gasteiger partial charge in [-0.05, 0) is 26.7 Å². The molecule has 114 valence electrons. The average Bonchev–Trinajstić information content (AvgIpc) is 3.08. The Balaban J connectivity index is 1.59. The lowest BCUT2D eigenvalue weighted by Gasteiger charge is -2.23. The molecule has 22 heavy (non-hydrogen) atoms. The van der Waals surface area contributed by atoms with Crippen molar-refractivity contribution >= 4 is 16.9 Å². The number of nitrogens with one attached hydrogen (secondary N) is 1. The highest BCUT2D eigenvalue weighted by molar-refractivity contribution is 5.87. The van der Waals surface area contributed by atoms with Gasteiger partial charge in [-0.25, -0.2) is 9.97 Å². The van der Waals surface area contributed by atoms with Crippen LogP contribution in [0.2, 0.25) is 0 Å². The molecule has 0 aromatic carbocycles. The van der Waals surface area contributed by atoms with E-state index in [4.69, 9.17) is 4.52 Å². The second-order valence-corrected chi connectivity index (χ2v) is 5.82. The smallest absolute Gasteiger partial charge is 0.263 e. The molecule has 3 aromatic rings. The first-order chi connectivity index (χ1) is 10.7. The van der Waals surface area contributed by atoms with Crippen molar-refractivity contribution in [2.75, 3.05) is 11.9 Å². The second kappa shape index (κ2) is 5.08. The molecular formula is C15H18N6O. The zero-order chi connectivity index (χ0) is 15.1. The minimum atomic E-state index is 0.396. The Kier molecular flexibility index (Phi) is 3.06. The molecule has 7 heteroatoms. The fourth-order valence-electron chi connectivity index (χ4n) is 3.18. The van der Waals surface area contributed by atoms with Gasteiger partial charge in [-0.15, -0.1) is 0 Å². The Morgan fingerprint density at radius 3 is 3.18 bits per heavy atom. The molecule has 0 aliphatic carbocycles. The van der Waals surface area contributed by atoms with E-state index in [-0.39, 0.29) is 0 Å². The van der Waals surface area contributed by atoms with Crippen LogP contribution in [-0.4, -0.2) is 31.2 Å². The monoisotopic (exact) mass is 298 g/mol. The molecule has 0 saturated carbocycles. The number of aromatic nitrogens is 5. The molecule has 1 N–H and O–H groups in total. The molecule has 0 amide bonds. The van der Waals surface area contributed by atoms with Crippen molar-refractivity contribution in [3.05, 3.63) is 29.7 Å². The van der Waals surface area contributed by atoms with Crippen LogP contribution in [-0.2, 0) is 6.54 Å². The Bertz CT molecular complexity index is 821. The summed E-state index contributed by atoms with van der Waals surface area (Å²) in [6, 6.07) is 0. The lowest BCUT2D eigenvalue weighted by Crippen LogP contribution is -2.22. The van der Waals surface area contributed by atoms with Gasteiger partial charge >= 0.3 is 0 Å². The average molecular weight is 298 g/mol. The lowest BCUT2D eigenvalue weighted by atomic mass is 9.99. The number of aryl methyl sites for hydroxylation is 3. The van der Waals surface area contributed by atoms with E-state index < -0.39 is 0 Å².